The van der Waals surface area contributed by atoms with Crippen LogP contribution in [-0.4, -0.2) is 17.9 Å². The molecule has 0 aliphatic heterocycles. The summed E-state index contributed by atoms with van der Waals surface area (Å²) < 4.78 is 5.00. The predicted octanol–water partition coefficient (Wildman–Crippen LogP) is 2.14. The average molecular weight is 233 g/mol. The van der Waals surface area contributed by atoms with Gasteiger partial charge in [0.15, 0.2) is 0 Å². The molecule has 0 spiro atoms. The fourth-order valence-corrected chi connectivity index (χ4v) is 2.16. The number of methoxy groups -OCH3 is 1. The van der Waals surface area contributed by atoms with Crippen LogP contribution in [0, 0.1) is 5.92 Å². The minimum atomic E-state index is 0.501. The summed E-state index contributed by atoms with van der Waals surface area (Å²) in [6, 6.07) is 3.81. The Morgan fingerprint density at radius 2 is 2.24 bits per heavy atom. The van der Waals surface area contributed by atoms with Gasteiger partial charge in [0.2, 0.25) is 5.88 Å². The van der Waals surface area contributed by atoms with E-state index in [2.05, 4.69) is 9.98 Å². The van der Waals surface area contributed by atoms with Crippen LogP contribution < -0.4 is 10.5 Å². The molecule has 2 N–H and O–H groups in total. The van der Waals surface area contributed by atoms with Crippen LogP contribution in [0.15, 0.2) is 23.3 Å². The standard InChI is InChI=1S/C13H19N3O/c1-17-12-7-6-10(8-15-12)9-16-13(14)11-4-2-3-5-11/h6-8,11H,2-5,9H2,1H3,(H2,14,16). The molecule has 1 aliphatic rings. The fourth-order valence-electron chi connectivity index (χ4n) is 2.16. The molecular formula is C13H19N3O. The van der Waals surface area contributed by atoms with Crippen LogP contribution in [0.5, 0.6) is 5.88 Å². The van der Waals surface area contributed by atoms with Gasteiger partial charge in [-0.2, -0.15) is 0 Å². The first-order valence-corrected chi connectivity index (χ1v) is 6.08. The summed E-state index contributed by atoms with van der Waals surface area (Å²) in [6.45, 7) is 0.610. The third-order valence-corrected chi connectivity index (χ3v) is 3.22. The number of ether oxygens (including phenoxy) is 1. The van der Waals surface area contributed by atoms with Crippen molar-refractivity contribution < 1.29 is 4.74 Å². The molecule has 1 heterocycles. The third-order valence-electron chi connectivity index (χ3n) is 3.22. The largest absolute Gasteiger partial charge is 0.481 e. The maximum absolute atomic E-state index is 5.99. The summed E-state index contributed by atoms with van der Waals surface area (Å²) in [5.74, 6) is 1.93. The molecule has 0 unspecified atom stereocenters. The maximum Gasteiger partial charge on any atom is 0.212 e. The fraction of sp³-hybridized carbons (Fsp3) is 0.538. The first-order valence-electron chi connectivity index (χ1n) is 6.08. The maximum atomic E-state index is 5.99. The van der Waals surface area contributed by atoms with Crippen molar-refractivity contribution in [2.45, 2.75) is 32.2 Å². The van der Waals surface area contributed by atoms with Gasteiger partial charge in [-0.3, -0.25) is 4.99 Å². The van der Waals surface area contributed by atoms with E-state index >= 15 is 0 Å². The van der Waals surface area contributed by atoms with E-state index < -0.39 is 0 Å². The Morgan fingerprint density at radius 3 is 2.82 bits per heavy atom. The summed E-state index contributed by atoms with van der Waals surface area (Å²) in [6.07, 6.45) is 6.73. The zero-order chi connectivity index (χ0) is 12.1. The Balaban J connectivity index is 1.93. The molecule has 0 bridgehead atoms. The Bertz CT molecular complexity index is 380. The number of hydrogen-bond acceptors (Lipinski definition) is 3. The van der Waals surface area contributed by atoms with Gasteiger partial charge in [-0.1, -0.05) is 18.9 Å². The van der Waals surface area contributed by atoms with Crippen molar-refractivity contribution in [3.63, 3.8) is 0 Å². The highest BCUT2D eigenvalue weighted by atomic mass is 16.5. The van der Waals surface area contributed by atoms with Crippen LogP contribution >= 0.6 is 0 Å². The van der Waals surface area contributed by atoms with E-state index in [0.717, 1.165) is 11.4 Å². The van der Waals surface area contributed by atoms with Crippen LogP contribution in [0.25, 0.3) is 0 Å². The first-order chi connectivity index (χ1) is 8.29. The van der Waals surface area contributed by atoms with Gasteiger partial charge in [0.05, 0.1) is 19.5 Å². The average Bonchev–Trinajstić information content (AvgIpc) is 2.90. The smallest absolute Gasteiger partial charge is 0.212 e. The monoisotopic (exact) mass is 233 g/mol. The van der Waals surface area contributed by atoms with Crippen LogP contribution in [0.4, 0.5) is 0 Å². The highest BCUT2D eigenvalue weighted by molar-refractivity contribution is 5.83. The Labute approximate surface area is 102 Å². The third kappa shape index (κ3) is 3.19. The number of rotatable bonds is 4. The number of nitrogens with zero attached hydrogens (tertiary/aromatic N) is 2. The molecule has 0 saturated heterocycles. The molecule has 1 aromatic rings. The Hall–Kier alpha value is -1.58. The van der Waals surface area contributed by atoms with E-state index in [1.54, 1.807) is 13.3 Å². The second kappa shape index (κ2) is 5.66. The van der Waals surface area contributed by atoms with E-state index in [1.807, 2.05) is 12.1 Å². The normalized spacial score (nSPS) is 17.4. The second-order valence-corrected chi connectivity index (χ2v) is 4.43. The predicted molar refractivity (Wildman–Crippen MR) is 68.1 cm³/mol. The van der Waals surface area contributed by atoms with Crippen molar-refractivity contribution in [2.75, 3.05) is 7.11 Å². The molecule has 17 heavy (non-hydrogen) atoms. The van der Waals surface area contributed by atoms with E-state index in [-0.39, 0.29) is 0 Å². The van der Waals surface area contributed by atoms with Crippen molar-refractivity contribution in [2.24, 2.45) is 16.6 Å². The van der Waals surface area contributed by atoms with E-state index in [0.29, 0.717) is 18.3 Å². The quantitative estimate of drug-likeness (QED) is 0.640. The van der Waals surface area contributed by atoms with E-state index in [4.69, 9.17) is 10.5 Å². The van der Waals surface area contributed by atoms with Gasteiger partial charge in [0.1, 0.15) is 0 Å². The van der Waals surface area contributed by atoms with Crippen LogP contribution in [0.1, 0.15) is 31.2 Å². The van der Waals surface area contributed by atoms with Crippen molar-refractivity contribution >= 4 is 5.84 Å². The molecule has 92 valence electrons. The van der Waals surface area contributed by atoms with Crippen molar-refractivity contribution in [1.29, 1.82) is 0 Å². The molecule has 0 aromatic carbocycles. The molecule has 1 fully saturated rings. The zero-order valence-corrected chi connectivity index (χ0v) is 10.2. The molecule has 0 atom stereocenters. The number of aliphatic imine (C=N–C) groups is 1. The van der Waals surface area contributed by atoms with Gasteiger partial charge in [-0.15, -0.1) is 0 Å². The lowest BCUT2D eigenvalue weighted by Gasteiger charge is -2.08. The molecule has 4 nitrogen and oxygen atoms in total. The Kier molecular flexibility index (Phi) is 3.96. The van der Waals surface area contributed by atoms with Crippen LogP contribution in [0.2, 0.25) is 0 Å². The van der Waals surface area contributed by atoms with Crippen LogP contribution in [-0.2, 0) is 6.54 Å². The summed E-state index contributed by atoms with van der Waals surface area (Å²) in [4.78, 5) is 8.59. The van der Waals surface area contributed by atoms with E-state index in [1.165, 1.54) is 25.7 Å². The topological polar surface area (TPSA) is 60.5 Å². The van der Waals surface area contributed by atoms with Gasteiger partial charge >= 0.3 is 0 Å². The molecule has 4 heteroatoms. The van der Waals surface area contributed by atoms with Crippen molar-refractivity contribution in [3.05, 3.63) is 23.9 Å². The first kappa shape index (κ1) is 11.9. The van der Waals surface area contributed by atoms with Crippen molar-refractivity contribution in [1.82, 2.24) is 4.98 Å². The Morgan fingerprint density at radius 1 is 1.47 bits per heavy atom. The van der Waals surface area contributed by atoms with Gasteiger partial charge in [-0.25, -0.2) is 4.98 Å². The van der Waals surface area contributed by atoms with Gasteiger partial charge in [-0.05, 0) is 18.4 Å². The molecule has 2 rings (SSSR count). The van der Waals surface area contributed by atoms with Crippen LogP contribution in [0.3, 0.4) is 0 Å². The minimum absolute atomic E-state index is 0.501. The van der Waals surface area contributed by atoms with Crippen molar-refractivity contribution in [3.8, 4) is 5.88 Å². The molecule has 0 amide bonds. The second-order valence-electron chi connectivity index (χ2n) is 4.43. The number of pyridine rings is 1. The lowest BCUT2D eigenvalue weighted by Crippen LogP contribution is -2.21. The molecule has 0 radical (unpaired) electrons. The minimum Gasteiger partial charge on any atom is -0.481 e. The lowest BCUT2D eigenvalue weighted by atomic mass is 10.1. The van der Waals surface area contributed by atoms with E-state index in [9.17, 15) is 0 Å². The number of amidine groups is 1. The molecule has 1 saturated carbocycles. The number of aromatic nitrogens is 1. The summed E-state index contributed by atoms with van der Waals surface area (Å²) in [5.41, 5.74) is 7.05. The van der Waals surface area contributed by atoms with Gasteiger partial charge in [0.25, 0.3) is 0 Å². The van der Waals surface area contributed by atoms with Gasteiger partial charge in [0, 0.05) is 18.2 Å². The number of nitrogens with two attached hydrogens (primary N) is 1. The highest BCUT2D eigenvalue weighted by Crippen LogP contribution is 2.24. The summed E-state index contributed by atoms with van der Waals surface area (Å²) in [5, 5.41) is 0. The number of hydrogen-bond donors (Lipinski definition) is 1. The molecular weight excluding hydrogens is 214 g/mol. The molecule has 1 aliphatic carbocycles. The SMILES string of the molecule is COc1ccc(CN=C(N)C2CCCC2)cn1. The summed E-state index contributed by atoms with van der Waals surface area (Å²) >= 11 is 0. The highest BCUT2D eigenvalue weighted by Gasteiger charge is 2.18. The summed E-state index contributed by atoms with van der Waals surface area (Å²) in [7, 11) is 1.61. The van der Waals surface area contributed by atoms with Gasteiger partial charge < -0.3 is 10.5 Å². The zero-order valence-electron chi connectivity index (χ0n) is 10.2. The molecule has 1 aromatic heterocycles. The lowest BCUT2D eigenvalue weighted by molar-refractivity contribution is 0.397.